The first kappa shape index (κ1) is 18.6. The van der Waals surface area contributed by atoms with Crippen molar-refractivity contribution < 1.29 is 14.3 Å². The molecule has 0 atom stereocenters. The van der Waals surface area contributed by atoms with Gasteiger partial charge in [-0.2, -0.15) is 0 Å². The van der Waals surface area contributed by atoms with E-state index in [-0.39, 0.29) is 10.7 Å². The first-order valence-electron chi connectivity index (χ1n) is 8.23. The molecule has 0 aliphatic carbocycles. The lowest BCUT2D eigenvalue weighted by Gasteiger charge is -2.29. The van der Waals surface area contributed by atoms with Gasteiger partial charge in [0.05, 0.1) is 12.8 Å². The van der Waals surface area contributed by atoms with Gasteiger partial charge in [-0.3, -0.25) is 19.8 Å². The van der Waals surface area contributed by atoms with Crippen molar-refractivity contribution in [2.24, 2.45) is 0 Å². The lowest BCUT2D eigenvalue weighted by Crippen LogP contribution is -2.54. The predicted molar refractivity (Wildman–Crippen MR) is 110 cm³/mol. The second-order valence-corrected chi connectivity index (χ2v) is 6.53. The average Bonchev–Trinajstić information content (AvgIpc) is 2.66. The van der Waals surface area contributed by atoms with Gasteiger partial charge in [0.25, 0.3) is 11.8 Å². The zero-order valence-electron chi connectivity index (χ0n) is 15.2. The summed E-state index contributed by atoms with van der Waals surface area (Å²) in [6.07, 6.45) is 1.56. The van der Waals surface area contributed by atoms with E-state index in [0.717, 1.165) is 11.3 Å². The Morgan fingerprint density at radius 2 is 1.67 bits per heavy atom. The molecule has 2 amide bonds. The molecule has 138 valence electrons. The molecule has 0 bridgehead atoms. The SMILES string of the molecule is COc1ccc(N2C(=O)/C(=C\c3ccc(N(C)C)cc3)C(=O)NC2=S)cc1. The van der Waals surface area contributed by atoms with E-state index in [1.807, 2.05) is 43.3 Å². The first-order chi connectivity index (χ1) is 12.9. The van der Waals surface area contributed by atoms with Crippen LogP contribution in [0.5, 0.6) is 5.75 Å². The number of carbonyl (C=O) groups is 2. The minimum Gasteiger partial charge on any atom is -0.497 e. The molecule has 6 nitrogen and oxygen atoms in total. The van der Waals surface area contributed by atoms with E-state index in [4.69, 9.17) is 17.0 Å². The van der Waals surface area contributed by atoms with Crippen LogP contribution in [0.25, 0.3) is 6.08 Å². The summed E-state index contributed by atoms with van der Waals surface area (Å²) < 4.78 is 5.13. The summed E-state index contributed by atoms with van der Waals surface area (Å²) in [7, 11) is 5.45. The van der Waals surface area contributed by atoms with Gasteiger partial charge in [-0.1, -0.05) is 12.1 Å². The standard InChI is InChI=1S/C20H19N3O3S/c1-22(2)14-6-4-13(5-7-14)12-17-18(24)21-20(27)23(19(17)25)15-8-10-16(26-3)11-9-15/h4-12H,1-3H3,(H,21,24,27)/b17-12-. The first-order valence-corrected chi connectivity index (χ1v) is 8.64. The zero-order chi connectivity index (χ0) is 19.6. The maximum atomic E-state index is 13.0. The summed E-state index contributed by atoms with van der Waals surface area (Å²) in [4.78, 5) is 28.6. The van der Waals surface area contributed by atoms with Crippen molar-refractivity contribution in [1.82, 2.24) is 5.32 Å². The highest BCUT2D eigenvalue weighted by atomic mass is 32.1. The van der Waals surface area contributed by atoms with Crippen molar-refractivity contribution in [2.75, 3.05) is 31.0 Å². The number of hydrogen-bond acceptors (Lipinski definition) is 5. The van der Waals surface area contributed by atoms with Gasteiger partial charge < -0.3 is 9.64 Å². The van der Waals surface area contributed by atoms with Gasteiger partial charge >= 0.3 is 0 Å². The second-order valence-electron chi connectivity index (χ2n) is 6.14. The quantitative estimate of drug-likeness (QED) is 0.501. The van der Waals surface area contributed by atoms with Crippen LogP contribution in [0.1, 0.15) is 5.56 Å². The summed E-state index contributed by atoms with van der Waals surface area (Å²) in [5.74, 6) is -0.313. The van der Waals surface area contributed by atoms with Crippen molar-refractivity contribution in [3.05, 3.63) is 59.7 Å². The van der Waals surface area contributed by atoms with E-state index < -0.39 is 11.8 Å². The molecule has 0 unspecified atom stereocenters. The number of thiocarbonyl (C=S) groups is 1. The molecule has 1 heterocycles. The number of carbonyl (C=O) groups excluding carboxylic acids is 2. The Hall–Kier alpha value is -3.19. The van der Waals surface area contributed by atoms with Gasteiger partial charge in [0, 0.05) is 19.8 Å². The van der Waals surface area contributed by atoms with Crippen LogP contribution in [-0.2, 0) is 9.59 Å². The summed E-state index contributed by atoms with van der Waals surface area (Å²) >= 11 is 5.20. The third kappa shape index (κ3) is 3.83. The molecule has 0 radical (unpaired) electrons. The fourth-order valence-electron chi connectivity index (χ4n) is 2.66. The molecule has 0 spiro atoms. The fourth-order valence-corrected chi connectivity index (χ4v) is 2.94. The molecule has 1 aliphatic rings. The Morgan fingerprint density at radius 1 is 1.04 bits per heavy atom. The van der Waals surface area contributed by atoms with Crippen molar-refractivity contribution >= 4 is 46.6 Å². The van der Waals surface area contributed by atoms with E-state index in [2.05, 4.69) is 5.32 Å². The summed E-state index contributed by atoms with van der Waals surface area (Å²) in [5, 5.41) is 2.63. The number of benzene rings is 2. The molecule has 2 aromatic rings. The van der Waals surface area contributed by atoms with Crippen LogP contribution < -0.4 is 19.9 Å². The second kappa shape index (κ2) is 7.59. The number of amides is 2. The van der Waals surface area contributed by atoms with Crippen LogP contribution in [0.2, 0.25) is 0 Å². The van der Waals surface area contributed by atoms with Gasteiger partial charge in [-0.25, -0.2) is 0 Å². The van der Waals surface area contributed by atoms with Crippen molar-refractivity contribution in [1.29, 1.82) is 0 Å². The Balaban J connectivity index is 1.93. The van der Waals surface area contributed by atoms with Gasteiger partial charge in [0.15, 0.2) is 5.11 Å². The Labute approximate surface area is 163 Å². The molecular weight excluding hydrogens is 362 g/mol. The smallest absolute Gasteiger partial charge is 0.270 e. The third-order valence-corrected chi connectivity index (χ3v) is 4.44. The molecular formula is C20H19N3O3S. The largest absolute Gasteiger partial charge is 0.497 e. The van der Waals surface area contributed by atoms with Crippen LogP contribution in [-0.4, -0.2) is 38.1 Å². The Bertz CT molecular complexity index is 918. The van der Waals surface area contributed by atoms with E-state index in [1.54, 1.807) is 37.5 Å². The zero-order valence-corrected chi connectivity index (χ0v) is 16.0. The number of nitrogens with zero attached hydrogens (tertiary/aromatic N) is 2. The number of anilines is 2. The predicted octanol–water partition coefficient (Wildman–Crippen LogP) is 2.59. The highest BCUT2D eigenvalue weighted by Crippen LogP contribution is 2.24. The number of rotatable bonds is 4. The minimum atomic E-state index is -0.508. The molecule has 0 aromatic heterocycles. The van der Waals surface area contributed by atoms with Crippen LogP contribution in [0.15, 0.2) is 54.1 Å². The number of nitrogens with one attached hydrogen (secondary N) is 1. The number of hydrogen-bond donors (Lipinski definition) is 1. The molecule has 1 saturated heterocycles. The average molecular weight is 381 g/mol. The van der Waals surface area contributed by atoms with E-state index >= 15 is 0 Å². The molecule has 3 rings (SSSR count). The van der Waals surface area contributed by atoms with E-state index in [1.165, 1.54) is 4.90 Å². The van der Waals surface area contributed by atoms with Crippen LogP contribution in [0.4, 0.5) is 11.4 Å². The lowest BCUT2D eigenvalue weighted by molar-refractivity contribution is -0.122. The van der Waals surface area contributed by atoms with Crippen molar-refractivity contribution in [3.8, 4) is 5.75 Å². The summed E-state index contributed by atoms with van der Waals surface area (Å²) in [6.45, 7) is 0. The number of ether oxygens (including phenoxy) is 1. The summed E-state index contributed by atoms with van der Waals surface area (Å²) in [5.41, 5.74) is 2.36. The Kier molecular flexibility index (Phi) is 5.23. The van der Waals surface area contributed by atoms with Crippen LogP contribution in [0, 0.1) is 0 Å². The Morgan fingerprint density at radius 3 is 2.22 bits per heavy atom. The molecule has 1 N–H and O–H groups in total. The highest BCUT2D eigenvalue weighted by Gasteiger charge is 2.34. The number of methoxy groups -OCH3 is 1. The molecule has 1 fully saturated rings. The minimum absolute atomic E-state index is 0.0250. The van der Waals surface area contributed by atoms with Gasteiger partial charge in [-0.15, -0.1) is 0 Å². The monoisotopic (exact) mass is 381 g/mol. The third-order valence-electron chi connectivity index (χ3n) is 4.15. The maximum absolute atomic E-state index is 13.0. The maximum Gasteiger partial charge on any atom is 0.270 e. The molecule has 0 saturated carbocycles. The van der Waals surface area contributed by atoms with Gasteiger partial charge in [-0.05, 0) is 60.3 Å². The van der Waals surface area contributed by atoms with Crippen molar-refractivity contribution in [3.63, 3.8) is 0 Å². The van der Waals surface area contributed by atoms with Gasteiger partial charge in [0.1, 0.15) is 11.3 Å². The summed E-state index contributed by atoms with van der Waals surface area (Å²) in [6, 6.07) is 14.4. The van der Waals surface area contributed by atoms with E-state index in [9.17, 15) is 9.59 Å². The lowest BCUT2D eigenvalue weighted by atomic mass is 10.1. The molecule has 2 aromatic carbocycles. The molecule has 27 heavy (non-hydrogen) atoms. The normalized spacial score (nSPS) is 15.7. The topological polar surface area (TPSA) is 61.9 Å². The highest BCUT2D eigenvalue weighted by molar-refractivity contribution is 7.80. The van der Waals surface area contributed by atoms with E-state index in [0.29, 0.717) is 11.4 Å². The molecule has 1 aliphatic heterocycles. The van der Waals surface area contributed by atoms with Crippen molar-refractivity contribution in [2.45, 2.75) is 0 Å². The van der Waals surface area contributed by atoms with Crippen LogP contribution in [0.3, 0.4) is 0 Å². The van der Waals surface area contributed by atoms with Gasteiger partial charge in [0.2, 0.25) is 0 Å². The fraction of sp³-hybridized carbons (Fsp3) is 0.150. The molecule has 7 heteroatoms. The van der Waals surface area contributed by atoms with Crippen LogP contribution >= 0.6 is 12.2 Å².